The van der Waals surface area contributed by atoms with E-state index in [1.54, 1.807) is 12.4 Å². The van der Waals surface area contributed by atoms with Crippen LogP contribution in [0, 0.1) is 0 Å². The van der Waals surface area contributed by atoms with E-state index in [0.717, 1.165) is 307 Å². The summed E-state index contributed by atoms with van der Waals surface area (Å²) < 4.78 is 2.36. The Balaban J connectivity index is 1.20. The van der Waals surface area contributed by atoms with Crippen LogP contribution in [0.1, 0.15) is 392 Å². The highest BCUT2D eigenvalue weighted by molar-refractivity contribution is 5.52. The van der Waals surface area contributed by atoms with Gasteiger partial charge in [-0.25, -0.2) is 0 Å². The highest BCUT2D eigenvalue weighted by Gasteiger charge is 2.48. The zero-order chi connectivity index (χ0) is 91.8. The molecule has 3 aromatic heterocycles. The topological polar surface area (TPSA) is 196 Å². The Kier molecular flexibility index (Phi) is 38.6. The molecular formula is C102H184N23+. The van der Waals surface area contributed by atoms with E-state index in [9.17, 15) is 0 Å². The second kappa shape index (κ2) is 46.4. The zero-order valence-corrected chi connectivity index (χ0v) is 85.0. The maximum absolute atomic E-state index is 6.09. The lowest BCUT2D eigenvalue weighted by molar-refractivity contribution is -0.686. The molecule has 0 radical (unpaired) electrons. The van der Waals surface area contributed by atoms with Crippen LogP contribution in [-0.2, 0) is 0 Å². The number of nitrogens with zero attached hydrogens (tertiary/aromatic N) is 18. The summed E-state index contributed by atoms with van der Waals surface area (Å²) in [7, 11) is 0. The van der Waals surface area contributed by atoms with Crippen LogP contribution in [0.4, 0.5) is 47.6 Å². The Morgan fingerprint density at radius 3 is 0.808 bits per heavy atom. The lowest BCUT2D eigenvalue weighted by Crippen LogP contribution is -2.63. The molecule has 706 valence electrons. The van der Waals surface area contributed by atoms with Crippen LogP contribution in [0.3, 0.4) is 0 Å². The van der Waals surface area contributed by atoms with Gasteiger partial charge in [-0.3, -0.25) is 14.8 Å². The highest BCUT2D eigenvalue weighted by Crippen LogP contribution is 2.42. The van der Waals surface area contributed by atoms with Crippen molar-refractivity contribution in [2.75, 3.05) is 116 Å². The van der Waals surface area contributed by atoms with Gasteiger partial charge in [0.15, 0.2) is 0 Å². The number of piperidine rings is 5. The fraction of sp³-hybridized carbons (Fsp3) is 0.833. The van der Waals surface area contributed by atoms with Gasteiger partial charge in [0.05, 0.1) is 25.5 Å². The summed E-state index contributed by atoms with van der Waals surface area (Å²) in [5, 5.41) is 22.9. The van der Waals surface area contributed by atoms with Crippen molar-refractivity contribution in [3.05, 3.63) is 54.8 Å². The molecule has 5 aliphatic rings. The van der Waals surface area contributed by atoms with E-state index >= 15 is 0 Å². The number of nitrogens with one attached hydrogen (secondary N) is 5. The maximum Gasteiger partial charge on any atom is 0.375 e. The van der Waals surface area contributed by atoms with E-state index in [0.29, 0.717) is 17.8 Å². The lowest BCUT2D eigenvalue weighted by Gasteiger charge is -2.51. The SMILES string of the molecule is C=C=C=CN(C=C=C=C)c1nc(N(CCCC)CCCC)nc(N(CCCCCCN(c2nc(N(CCCC)C3CC(C)(C)NC(C)(C)C3)nc(N(CCCCCCN(c3nc[n+](N(CCCC)CCCC)c(N(CCCC)CCCC)n3)C3CC(C)(C)NC(C)(C)C3)C3CC(C)(C)NC(C)(C)C3)n2)C2CC(C)(C)NC(C)(C)C2)C2CC(C)(C)NC(C)(C)C2)n1. The van der Waals surface area contributed by atoms with Crippen LogP contribution in [0.25, 0.3) is 0 Å². The third kappa shape index (κ3) is 32.3. The average Bonchev–Trinajstić information content (AvgIpc) is 0.770. The van der Waals surface area contributed by atoms with Crippen molar-refractivity contribution >= 4 is 47.6 Å². The van der Waals surface area contributed by atoms with Crippen molar-refractivity contribution in [2.24, 2.45) is 0 Å². The van der Waals surface area contributed by atoms with E-state index in [4.69, 9.17) is 39.9 Å². The van der Waals surface area contributed by atoms with Gasteiger partial charge < -0.3 is 56.0 Å². The van der Waals surface area contributed by atoms with Crippen molar-refractivity contribution in [3.8, 4) is 0 Å². The quantitative estimate of drug-likeness (QED) is 0.0203. The van der Waals surface area contributed by atoms with Crippen LogP contribution in [0.5, 0.6) is 0 Å². The van der Waals surface area contributed by atoms with Crippen LogP contribution < -0.4 is 75.5 Å². The van der Waals surface area contributed by atoms with Crippen LogP contribution in [0.15, 0.2) is 54.8 Å². The predicted molar refractivity (Wildman–Crippen MR) is 531 cm³/mol. The fourth-order valence-electron chi connectivity index (χ4n) is 22.6. The fourth-order valence-corrected chi connectivity index (χ4v) is 22.6. The summed E-state index contributed by atoms with van der Waals surface area (Å²) in [5.41, 5.74) is 10.7. The summed E-state index contributed by atoms with van der Waals surface area (Å²) in [6.45, 7) is 81.6. The Morgan fingerprint density at radius 2 is 0.528 bits per heavy atom. The first-order valence-electron chi connectivity index (χ1n) is 50.2. The Labute approximate surface area is 763 Å². The molecule has 0 amide bonds. The van der Waals surface area contributed by atoms with Gasteiger partial charge in [0.25, 0.3) is 0 Å². The molecule has 0 aliphatic carbocycles. The second-order valence-electron chi connectivity index (χ2n) is 45.1. The number of anilines is 8. The molecule has 8 rings (SSSR count). The first-order valence-corrected chi connectivity index (χ1v) is 50.2. The van der Waals surface area contributed by atoms with E-state index in [2.05, 4.69) is 300 Å². The minimum absolute atomic E-state index is 0.0600. The number of rotatable bonds is 51. The lowest BCUT2D eigenvalue weighted by atomic mass is 9.79. The monoisotopic (exact) mass is 1730 g/mol. The molecule has 5 N–H and O–H groups in total. The molecule has 0 aromatic carbocycles. The van der Waals surface area contributed by atoms with Gasteiger partial charge in [-0.1, -0.05) is 152 Å². The molecule has 23 heteroatoms. The smallest absolute Gasteiger partial charge is 0.341 e. The van der Waals surface area contributed by atoms with E-state index in [1.165, 1.54) is 0 Å². The van der Waals surface area contributed by atoms with Crippen molar-refractivity contribution in [1.82, 2.24) is 66.5 Å². The number of aromatic nitrogens is 9. The summed E-state index contributed by atoms with van der Waals surface area (Å²) in [6.07, 6.45) is 39.0. The second-order valence-corrected chi connectivity index (χ2v) is 45.1. The van der Waals surface area contributed by atoms with Crippen molar-refractivity contribution in [2.45, 2.75) is 478 Å². The molecule has 0 bridgehead atoms. The minimum atomic E-state index is -0.140. The number of hydrogen-bond acceptors (Lipinski definition) is 22. The van der Waals surface area contributed by atoms with Gasteiger partial charge in [-0.05, 0) is 286 Å². The summed E-state index contributed by atoms with van der Waals surface area (Å²) in [6, 6.07) is 0.969. The van der Waals surface area contributed by atoms with Crippen molar-refractivity contribution < 1.29 is 4.68 Å². The molecular weight excluding hydrogens is 1550 g/mol. The minimum Gasteiger partial charge on any atom is -0.341 e. The molecule has 3 aromatic rings. The molecule has 0 saturated carbocycles. The van der Waals surface area contributed by atoms with Crippen LogP contribution >= 0.6 is 0 Å². The van der Waals surface area contributed by atoms with Gasteiger partial charge in [-0.15, -0.1) is 4.68 Å². The Hall–Kier alpha value is -6.37. The molecule has 8 heterocycles. The summed E-state index contributed by atoms with van der Waals surface area (Å²) in [4.78, 5) is 65.8. The molecule has 0 unspecified atom stereocenters. The van der Waals surface area contributed by atoms with Crippen molar-refractivity contribution in [3.63, 3.8) is 0 Å². The molecule has 5 saturated heterocycles. The normalized spacial score (nSPS) is 20.0. The highest BCUT2D eigenvalue weighted by atomic mass is 15.6. The maximum atomic E-state index is 6.09. The number of hydrogen-bond donors (Lipinski definition) is 5. The predicted octanol–water partition coefficient (Wildman–Crippen LogP) is 20.1. The first kappa shape index (κ1) is 104. The van der Waals surface area contributed by atoms with E-state index in [1.807, 2.05) is 4.90 Å². The van der Waals surface area contributed by atoms with E-state index < -0.39 is 0 Å². The third-order valence-corrected chi connectivity index (χ3v) is 26.4. The molecule has 5 aliphatic heterocycles. The molecule has 0 spiro atoms. The summed E-state index contributed by atoms with van der Waals surface area (Å²) >= 11 is 0. The van der Waals surface area contributed by atoms with Gasteiger partial charge in [-0.2, -0.15) is 29.9 Å². The summed E-state index contributed by atoms with van der Waals surface area (Å²) in [5.74, 6) is 6.29. The van der Waals surface area contributed by atoms with Gasteiger partial charge >= 0.3 is 11.9 Å². The standard InChI is InChI=1S/C102H184N23/c1-30-39-56-116(57-40-31-2)86-104-87(117(58-41-32-3)59-42-33-4)106-88(105-86)122(82-73-97(18,19)113-98(20,21)74-82)66-53-50-51-55-68-124(84-77-101(26,27)115-102(28,29)78-84)91-108-89(121(64-47-38-9)81-71-95(14,15)112-96(16,17)72-81)107-90(109-91)123(83-75-99(22,23)114-100(24,25)76-83)67-54-49-48-52-65-120(80-69-93(10,11)111-94(12,13)70-80)85-103-79-125(119(62-45-36-7)63-46-37-8)92(110-85)118(60-43-34-5)61-44-35-6/h56-57,79-84,111-115H,1-2,32-38,41-55,58-78H2,3-29H3/q+1. The van der Waals surface area contributed by atoms with Crippen LogP contribution in [0.2, 0.25) is 0 Å². The van der Waals surface area contributed by atoms with Gasteiger partial charge in [0.1, 0.15) is 0 Å². The Morgan fingerprint density at radius 1 is 0.296 bits per heavy atom. The van der Waals surface area contributed by atoms with Gasteiger partial charge in [0.2, 0.25) is 42.0 Å². The Bertz CT molecular complexity index is 3810. The van der Waals surface area contributed by atoms with Crippen LogP contribution in [-0.4, -0.2) is 197 Å². The molecule has 5 fully saturated rings. The van der Waals surface area contributed by atoms with E-state index in [-0.39, 0.29) is 85.6 Å². The zero-order valence-electron chi connectivity index (χ0n) is 85.0. The molecule has 23 nitrogen and oxygen atoms in total. The largest absolute Gasteiger partial charge is 0.375 e. The first-order chi connectivity index (χ1) is 58.9. The molecule has 0 atom stereocenters. The van der Waals surface area contributed by atoms with Gasteiger partial charge in [0, 0.05) is 145 Å². The number of unbranched alkanes of at least 4 members (excludes halogenated alkanes) is 13. The van der Waals surface area contributed by atoms with Crippen molar-refractivity contribution in [1.29, 1.82) is 0 Å². The average molecular weight is 1730 g/mol. The third-order valence-electron chi connectivity index (χ3n) is 26.4. The molecule has 125 heavy (non-hydrogen) atoms.